The van der Waals surface area contributed by atoms with Crippen LogP contribution in [0.4, 0.5) is 0 Å². The zero-order valence-electron chi connectivity index (χ0n) is 10.4. The Bertz CT molecular complexity index is 468. The highest BCUT2D eigenvalue weighted by Gasteiger charge is 2.06. The molecule has 0 aromatic carbocycles. The van der Waals surface area contributed by atoms with Crippen molar-refractivity contribution >= 4 is 0 Å². The van der Waals surface area contributed by atoms with E-state index in [-0.39, 0.29) is 0 Å². The summed E-state index contributed by atoms with van der Waals surface area (Å²) < 4.78 is 7.33. The first kappa shape index (κ1) is 11.8. The van der Waals surface area contributed by atoms with Gasteiger partial charge in [-0.2, -0.15) is 5.10 Å². The summed E-state index contributed by atoms with van der Waals surface area (Å²) >= 11 is 0. The van der Waals surface area contributed by atoms with E-state index in [2.05, 4.69) is 20.4 Å². The van der Waals surface area contributed by atoms with Gasteiger partial charge in [0.05, 0.1) is 18.8 Å². The maximum Gasteiger partial charge on any atom is 0.208 e. The van der Waals surface area contributed by atoms with E-state index in [1.165, 1.54) is 0 Å². The Labute approximate surface area is 100 Å². The molecule has 0 unspecified atom stereocenters. The molecule has 0 saturated carbocycles. The predicted molar refractivity (Wildman–Crippen MR) is 62.2 cm³/mol. The van der Waals surface area contributed by atoms with E-state index in [0.717, 1.165) is 23.8 Å². The van der Waals surface area contributed by atoms with E-state index in [0.29, 0.717) is 19.0 Å². The van der Waals surface area contributed by atoms with Crippen molar-refractivity contribution in [1.82, 2.24) is 25.1 Å². The predicted octanol–water partition coefficient (Wildman–Crippen LogP) is 1.19. The summed E-state index contributed by atoms with van der Waals surface area (Å²) in [6, 6.07) is 0. The Morgan fingerprint density at radius 2 is 2.18 bits per heavy atom. The second kappa shape index (κ2) is 5.09. The van der Waals surface area contributed by atoms with Crippen LogP contribution in [0.1, 0.15) is 30.1 Å². The van der Waals surface area contributed by atoms with Crippen molar-refractivity contribution in [2.45, 2.75) is 40.4 Å². The van der Waals surface area contributed by atoms with Crippen LogP contribution in [0.2, 0.25) is 0 Å². The van der Waals surface area contributed by atoms with Crippen LogP contribution in [-0.2, 0) is 19.6 Å². The van der Waals surface area contributed by atoms with Crippen molar-refractivity contribution in [2.75, 3.05) is 0 Å². The zero-order valence-corrected chi connectivity index (χ0v) is 10.4. The Hall–Kier alpha value is -1.69. The van der Waals surface area contributed by atoms with Gasteiger partial charge in [0.1, 0.15) is 17.9 Å². The number of aryl methyl sites for hydroxylation is 3. The van der Waals surface area contributed by atoms with Crippen LogP contribution in [0.3, 0.4) is 0 Å². The van der Waals surface area contributed by atoms with Gasteiger partial charge in [0.15, 0.2) is 0 Å². The van der Waals surface area contributed by atoms with E-state index >= 15 is 0 Å². The normalized spacial score (nSPS) is 11.0. The first-order valence-corrected chi connectivity index (χ1v) is 5.71. The molecule has 0 radical (unpaired) electrons. The average molecular weight is 235 g/mol. The standard InChI is InChI=1S/C11H17N5O/c1-4-16-10(13-7-14-16)5-12-6-11-15-8(2)9(3)17-11/h7,12H,4-6H2,1-3H3. The minimum atomic E-state index is 0.602. The molecule has 17 heavy (non-hydrogen) atoms. The summed E-state index contributed by atoms with van der Waals surface area (Å²) in [6.45, 7) is 7.99. The molecule has 6 nitrogen and oxygen atoms in total. The van der Waals surface area contributed by atoms with Crippen LogP contribution in [0.25, 0.3) is 0 Å². The molecule has 0 amide bonds. The lowest BCUT2D eigenvalue weighted by atomic mass is 10.4. The molecule has 0 spiro atoms. The fourth-order valence-electron chi connectivity index (χ4n) is 1.59. The van der Waals surface area contributed by atoms with Crippen LogP contribution in [0.15, 0.2) is 10.7 Å². The molecular formula is C11H17N5O. The summed E-state index contributed by atoms with van der Waals surface area (Å²) in [6.07, 6.45) is 1.57. The molecule has 6 heteroatoms. The number of oxazole rings is 1. The molecule has 0 saturated heterocycles. The van der Waals surface area contributed by atoms with Crippen LogP contribution < -0.4 is 5.32 Å². The van der Waals surface area contributed by atoms with Crippen LogP contribution >= 0.6 is 0 Å². The van der Waals surface area contributed by atoms with Gasteiger partial charge in [0.2, 0.25) is 5.89 Å². The number of hydrogen-bond donors (Lipinski definition) is 1. The maximum atomic E-state index is 5.47. The molecule has 92 valence electrons. The highest BCUT2D eigenvalue weighted by molar-refractivity contribution is 5.05. The second-order valence-corrected chi connectivity index (χ2v) is 3.84. The SMILES string of the molecule is CCn1ncnc1CNCc1nc(C)c(C)o1. The van der Waals surface area contributed by atoms with Gasteiger partial charge in [0, 0.05) is 6.54 Å². The highest BCUT2D eigenvalue weighted by atomic mass is 16.4. The van der Waals surface area contributed by atoms with Gasteiger partial charge in [-0.3, -0.25) is 0 Å². The fraction of sp³-hybridized carbons (Fsp3) is 0.545. The van der Waals surface area contributed by atoms with Gasteiger partial charge in [-0.15, -0.1) is 0 Å². The molecular weight excluding hydrogens is 218 g/mol. The number of nitrogens with zero attached hydrogens (tertiary/aromatic N) is 4. The van der Waals surface area contributed by atoms with Crippen molar-refractivity contribution in [1.29, 1.82) is 0 Å². The van der Waals surface area contributed by atoms with Crippen LogP contribution in [0.5, 0.6) is 0 Å². The van der Waals surface area contributed by atoms with Crippen molar-refractivity contribution < 1.29 is 4.42 Å². The van der Waals surface area contributed by atoms with Gasteiger partial charge in [-0.05, 0) is 20.8 Å². The molecule has 2 rings (SSSR count). The zero-order chi connectivity index (χ0) is 12.3. The first-order valence-electron chi connectivity index (χ1n) is 5.71. The molecule has 0 aliphatic heterocycles. The Kier molecular flexibility index (Phi) is 3.53. The van der Waals surface area contributed by atoms with E-state index in [4.69, 9.17) is 4.42 Å². The van der Waals surface area contributed by atoms with Gasteiger partial charge in [0.25, 0.3) is 0 Å². The molecule has 0 fully saturated rings. The first-order chi connectivity index (χ1) is 8.20. The maximum absolute atomic E-state index is 5.47. The lowest BCUT2D eigenvalue weighted by molar-refractivity contribution is 0.443. The van der Waals surface area contributed by atoms with Crippen molar-refractivity contribution in [3.8, 4) is 0 Å². The summed E-state index contributed by atoms with van der Waals surface area (Å²) in [7, 11) is 0. The second-order valence-electron chi connectivity index (χ2n) is 3.84. The molecule has 0 aliphatic carbocycles. The molecule has 2 aromatic heterocycles. The minimum absolute atomic E-state index is 0.602. The Morgan fingerprint density at radius 1 is 1.35 bits per heavy atom. The summed E-state index contributed by atoms with van der Waals surface area (Å²) in [5.41, 5.74) is 0.943. The number of nitrogens with one attached hydrogen (secondary N) is 1. The van der Waals surface area contributed by atoms with E-state index in [1.807, 2.05) is 25.5 Å². The quantitative estimate of drug-likeness (QED) is 0.843. The van der Waals surface area contributed by atoms with Crippen molar-refractivity contribution in [3.63, 3.8) is 0 Å². The molecule has 2 aromatic rings. The van der Waals surface area contributed by atoms with Gasteiger partial charge in [-0.1, -0.05) is 0 Å². The van der Waals surface area contributed by atoms with E-state index in [9.17, 15) is 0 Å². The number of rotatable bonds is 5. The molecule has 0 atom stereocenters. The van der Waals surface area contributed by atoms with Crippen LogP contribution in [-0.4, -0.2) is 19.7 Å². The molecule has 0 aliphatic rings. The Balaban J connectivity index is 1.87. The van der Waals surface area contributed by atoms with Crippen molar-refractivity contribution in [2.24, 2.45) is 0 Å². The minimum Gasteiger partial charge on any atom is -0.444 e. The lowest BCUT2D eigenvalue weighted by Gasteiger charge is -2.03. The monoisotopic (exact) mass is 235 g/mol. The van der Waals surface area contributed by atoms with Crippen LogP contribution in [0, 0.1) is 13.8 Å². The lowest BCUT2D eigenvalue weighted by Crippen LogP contribution is -2.17. The highest BCUT2D eigenvalue weighted by Crippen LogP contribution is 2.07. The topological polar surface area (TPSA) is 68.8 Å². The molecule has 0 bridgehead atoms. The molecule has 2 heterocycles. The largest absolute Gasteiger partial charge is 0.444 e. The Morgan fingerprint density at radius 3 is 2.82 bits per heavy atom. The summed E-state index contributed by atoms with van der Waals surface area (Å²) in [5.74, 6) is 2.51. The average Bonchev–Trinajstić information content (AvgIpc) is 2.87. The smallest absolute Gasteiger partial charge is 0.208 e. The third-order valence-electron chi connectivity index (χ3n) is 2.63. The molecule has 1 N–H and O–H groups in total. The van der Waals surface area contributed by atoms with Gasteiger partial charge >= 0.3 is 0 Å². The van der Waals surface area contributed by atoms with E-state index in [1.54, 1.807) is 6.33 Å². The summed E-state index contributed by atoms with van der Waals surface area (Å²) in [5, 5.41) is 7.34. The third-order valence-corrected chi connectivity index (χ3v) is 2.63. The number of hydrogen-bond acceptors (Lipinski definition) is 5. The number of aromatic nitrogens is 4. The summed E-state index contributed by atoms with van der Waals surface area (Å²) in [4.78, 5) is 8.48. The van der Waals surface area contributed by atoms with Crippen molar-refractivity contribution in [3.05, 3.63) is 29.5 Å². The van der Waals surface area contributed by atoms with E-state index < -0.39 is 0 Å². The third kappa shape index (κ3) is 2.71. The van der Waals surface area contributed by atoms with Gasteiger partial charge in [-0.25, -0.2) is 14.6 Å². The fourth-order valence-corrected chi connectivity index (χ4v) is 1.59. The van der Waals surface area contributed by atoms with Gasteiger partial charge < -0.3 is 9.73 Å².